The number of aromatic amines is 1. The molecule has 1 amide bonds. The fraction of sp³-hybridized carbons (Fsp3) is 0.0588. The minimum absolute atomic E-state index is 0.0717. The predicted octanol–water partition coefficient (Wildman–Crippen LogP) is 2.35. The van der Waals surface area contributed by atoms with Gasteiger partial charge < -0.3 is 5.11 Å². The summed E-state index contributed by atoms with van der Waals surface area (Å²) in [4.78, 5) is 27.5. The van der Waals surface area contributed by atoms with E-state index in [1.807, 2.05) is 30.3 Å². The molecule has 120 valence electrons. The minimum atomic E-state index is -1.07. The van der Waals surface area contributed by atoms with Crippen LogP contribution in [0, 0.1) is 0 Å². The Hall–Kier alpha value is -3.48. The second kappa shape index (κ2) is 6.74. The number of nitrogens with zero attached hydrogens (tertiary/aromatic N) is 2. The topological polar surface area (TPSA) is 108 Å². The summed E-state index contributed by atoms with van der Waals surface area (Å²) in [7, 11) is 0. The number of carbonyl (C=O) groups excluding carboxylic acids is 1. The highest BCUT2D eigenvalue weighted by atomic mass is 16.4. The first-order valence-corrected chi connectivity index (χ1v) is 7.22. The van der Waals surface area contributed by atoms with Crippen molar-refractivity contribution in [1.82, 2.24) is 15.2 Å². The van der Waals surface area contributed by atoms with Crippen molar-refractivity contribution in [1.29, 1.82) is 0 Å². The van der Waals surface area contributed by atoms with E-state index in [0.717, 1.165) is 5.56 Å². The highest BCUT2D eigenvalue weighted by molar-refractivity contribution is 5.95. The van der Waals surface area contributed by atoms with Gasteiger partial charge in [0.15, 0.2) is 5.82 Å². The van der Waals surface area contributed by atoms with Gasteiger partial charge in [-0.25, -0.2) is 4.79 Å². The second-order valence-corrected chi connectivity index (χ2v) is 5.06. The Morgan fingerprint density at radius 3 is 2.50 bits per heavy atom. The summed E-state index contributed by atoms with van der Waals surface area (Å²) in [5.41, 5.74) is 1.38. The van der Waals surface area contributed by atoms with E-state index in [4.69, 9.17) is 5.11 Å². The van der Waals surface area contributed by atoms with Gasteiger partial charge in [-0.2, -0.15) is 4.98 Å². The lowest BCUT2D eigenvalue weighted by molar-refractivity contribution is -0.115. The summed E-state index contributed by atoms with van der Waals surface area (Å²) in [5, 5.41) is 18.4. The average Bonchev–Trinajstić information content (AvgIpc) is 3.04. The lowest BCUT2D eigenvalue weighted by Crippen LogP contribution is -2.17. The predicted molar refractivity (Wildman–Crippen MR) is 87.6 cm³/mol. The van der Waals surface area contributed by atoms with Gasteiger partial charge >= 0.3 is 5.97 Å². The largest absolute Gasteiger partial charge is 0.478 e. The van der Waals surface area contributed by atoms with E-state index in [2.05, 4.69) is 20.5 Å². The van der Waals surface area contributed by atoms with Gasteiger partial charge in [0.2, 0.25) is 11.9 Å². The molecule has 24 heavy (non-hydrogen) atoms. The van der Waals surface area contributed by atoms with Gasteiger partial charge in [0.1, 0.15) is 0 Å². The molecular formula is C17H14N4O3. The zero-order chi connectivity index (χ0) is 16.9. The first-order chi connectivity index (χ1) is 11.6. The van der Waals surface area contributed by atoms with Gasteiger partial charge in [-0.3, -0.25) is 15.2 Å². The van der Waals surface area contributed by atoms with Crippen molar-refractivity contribution in [3.05, 3.63) is 65.7 Å². The van der Waals surface area contributed by atoms with Crippen LogP contribution in [-0.2, 0) is 11.2 Å². The fourth-order valence-corrected chi connectivity index (χ4v) is 2.27. The number of hydrogen-bond donors (Lipinski definition) is 3. The normalized spacial score (nSPS) is 10.3. The summed E-state index contributed by atoms with van der Waals surface area (Å²) in [6.45, 7) is 0. The van der Waals surface area contributed by atoms with Crippen molar-refractivity contribution in [2.75, 3.05) is 5.32 Å². The maximum absolute atomic E-state index is 12.1. The highest BCUT2D eigenvalue weighted by Gasteiger charge is 2.14. The van der Waals surface area contributed by atoms with E-state index in [1.165, 1.54) is 6.07 Å². The molecule has 0 aliphatic rings. The number of aromatic nitrogens is 3. The number of nitrogens with one attached hydrogen (secondary N) is 2. The van der Waals surface area contributed by atoms with Gasteiger partial charge in [-0.1, -0.05) is 48.5 Å². The number of hydrogen-bond acceptors (Lipinski definition) is 4. The summed E-state index contributed by atoms with van der Waals surface area (Å²) in [6.07, 6.45) is -0.0717. The van der Waals surface area contributed by atoms with E-state index in [-0.39, 0.29) is 23.8 Å². The second-order valence-electron chi connectivity index (χ2n) is 5.06. The molecule has 2 aromatic carbocycles. The standard InChI is InChI=1S/C17H14N4O3/c22-14(10-12-8-4-5-9-13(12)16(23)24)18-17-19-15(20-21-17)11-6-2-1-3-7-11/h1-9H,10H2,(H,23,24)(H2,18,19,20,21,22). The van der Waals surface area contributed by atoms with Crippen LogP contribution in [0.1, 0.15) is 15.9 Å². The van der Waals surface area contributed by atoms with Crippen molar-refractivity contribution in [2.45, 2.75) is 6.42 Å². The molecule has 0 fully saturated rings. The third-order valence-electron chi connectivity index (χ3n) is 3.38. The van der Waals surface area contributed by atoms with Crippen molar-refractivity contribution in [2.24, 2.45) is 0 Å². The van der Waals surface area contributed by atoms with Gasteiger partial charge in [-0.05, 0) is 11.6 Å². The molecule has 1 aromatic heterocycles. The highest BCUT2D eigenvalue weighted by Crippen LogP contribution is 2.15. The number of benzene rings is 2. The smallest absolute Gasteiger partial charge is 0.335 e. The lowest BCUT2D eigenvalue weighted by Gasteiger charge is -2.05. The third kappa shape index (κ3) is 3.46. The molecule has 0 unspecified atom stereocenters. The zero-order valence-corrected chi connectivity index (χ0v) is 12.6. The molecule has 0 aliphatic carbocycles. The molecule has 0 saturated carbocycles. The quantitative estimate of drug-likeness (QED) is 0.668. The Morgan fingerprint density at radius 2 is 1.75 bits per heavy atom. The Kier molecular flexibility index (Phi) is 4.33. The number of carbonyl (C=O) groups is 2. The van der Waals surface area contributed by atoms with Crippen LogP contribution in [0.4, 0.5) is 5.95 Å². The van der Waals surface area contributed by atoms with E-state index in [0.29, 0.717) is 11.4 Å². The first-order valence-electron chi connectivity index (χ1n) is 7.22. The zero-order valence-electron chi connectivity index (χ0n) is 12.6. The molecule has 3 N–H and O–H groups in total. The van der Waals surface area contributed by atoms with Crippen LogP contribution in [-0.4, -0.2) is 32.2 Å². The number of carboxylic acids is 1. The third-order valence-corrected chi connectivity index (χ3v) is 3.38. The van der Waals surface area contributed by atoms with Gasteiger partial charge in [0, 0.05) is 5.56 Å². The van der Waals surface area contributed by atoms with Crippen LogP contribution in [0.5, 0.6) is 0 Å². The van der Waals surface area contributed by atoms with Gasteiger partial charge in [-0.15, -0.1) is 5.10 Å². The molecule has 0 atom stereocenters. The van der Waals surface area contributed by atoms with Gasteiger partial charge in [0.25, 0.3) is 0 Å². The molecule has 3 rings (SSSR count). The van der Waals surface area contributed by atoms with E-state index in [9.17, 15) is 9.59 Å². The molecule has 0 bridgehead atoms. The number of carboxylic acid groups (broad SMARTS) is 1. The average molecular weight is 322 g/mol. The summed E-state index contributed by atoms with van der Waals surface area (Å²) in [5.74, 6) is -0.770. The van der Waals surface area contributed by atoms with Crippen molar-refractivity contribution in [3.63, 3.8) is 0 Å². The summed E-state index contributed by atoms with van der Waals surface area (Å²) < 4.78 is 0. The molecule has 0 aliphatic heterocycles. The molecule has 0 radical (unpaired) electrons. The molecule has 7 heteroatoms. The maximum atomic E-state index is 12.1. The van der Waals surface area contributed by atoms with Crippen molar-refractivity contribution in [3.8, 4) is 11.4 Å². The maximum Gasteiger partial charge on any atom is 0.335 e. The number of amides is 1. The first kappa shape index (κ1) is 15.4. The van der Waals surface area contributed by atoms with E-state index < -0.39 is 5.97 Å². The molecule has 3 aromatic rings. The molecule has 0 spiro atoms. The van der Waals surface area contributed by atoms with Crippen LogP contribution in [0.25, 0.3) is 11.4 Å². The fourth-order valence-electron chi connectivity index (χ4n) is 2.27. The number of H-pyrrole nitrogens is 1. The monoisotopic (exact) mass is 322 g/mol. The molecular weight excluding hydrogens is 308 g/mol. The minimum Gasteiger partial charge on any atom is -0.478 e. The Balaban J connectivity index is 1.70. The Bertz CT molecular complexity index is 874. The molecule has 1 heterocycles. The molecule has 7 nitrogen and oxygen atoms in total. The van der Waals surface area contributed by atoms with Crippen LogP contribution in [0.15, 0.2) is 54.6 Å². The lowest BCUT2D eigenvalue weighted by atomic mass is 10.0. The number of anilines is 1. The molecule has 0 saturated heterocycles. The van der Waals surface area contributed by atoms with Crippen LogP contribution in [0.3, 0.4) is 0 Å². The van der Waals surface area contributed by atoms with E-state index >= 15 is 0 Å². The summed E-state index contributed by atoms with van der Waals surface area (Å²) in [6, 6.07) is 15.8. The van der Waals surface area contributed by atoms with E-state index in [1.54, 1.807) is 18.2 Å². The Labute approximate surface area is 137 Å². The van der Waals surface area contributed by atoms with Gasteiger partial charge in [0.05, 0.1) is 12.0 Å². The number of rotatable bonds is 5. The van der Waals surface area contributed by atoms with Crippen LogP contribution >= 0.6 is 0 Å². The van der Waals surface area contributed by atoms with Crippen LogP contribution < -0.4 is 5.32 Å². The van der Waals surface area contributed by atoms with Crippen molar-refractivity contribution < 1.29 is 14.7 Å². The van der Waals surface area contributed by atoms with Crippen molar-refractivity contribution >= 4 is 17.8 Å². The SMILES string of the molecule is O=C(Cc1ccccc1C(=O)O)Nc1n[nH]c(-c2ccccc2)n1. The van der Waals surface area contributed by atoms with Crippen LogP contribution in [0.2, 0.25) is 0 Å². The number of aromatic carboxylic acids is 1. The Morgan fingerprint density at radius 1 is 1.04 bits per heavy atom. The summed E-state index contributed by atoms with van der Waals surface area (Å²) >= 11 is 0.